The minimum Gasteiger partial charge on any atom is -0.357 e. The number of piperazine rings is 1. The lowest BCUT2D eigenvalue weighted by molar-refractivity contribution is -0.117. The zero-order chi connectivity index (χ0) is 16.2. The van der Waals surface area contributed by atoms with E-state index < -0.39 is 0 Å². The van der Waals surface area contributed by atoms with E-state index in [4.69, 9.17) is 0 Å². The van der Waals surface area contributed by atoms with E-state index in [9.17, 15) is 9.59 Å². The maximum atomic E-state index is 12.2. The quantitative estimate of drug-likeness (QED) is 0.840. The molecule has 0 radical (unpaired) electrons. The van der Waals surface area contributed by atoms with Gasteiger partial charge in [0.2, 0.25) is 5.91 Å². The highest BCUT2D eigenvalue weighted by Crippen LogP contribution is 2.08. The molecule has 3 rings (SSSR count). The number of aromatic amines is 1. The van der Waals surface area contributed by atoms with Gasteiger partial charge in [-0.25, -0.2) is 0 Å². The van der Waals surface area contributed by atoms with Crippen molar-refractivity contribution in [3.63, 3.8) is 0 Å². The summed E-state index contributed by atoms with van der Waals surface area (Å²) in [5.74, 6) is 0.471. The SMILES string of the molecule is Cn1ccc(NC(=O)CN2CCN(C(=O)c3ccc[nH]3)CC2)n1. The monoisotopic (exact) mass is 316 g/mol. The van der Waals surface area contributed by atoms with Crippen LogP contribution in [0.2, 0.25) is 0 Å². The zero-order valence-electron chi connectivity index (χ0n) is 13.0. The second-order valence-corrected chi connectivity index (χ2v) is 5.57. The Bertz CT molecular complexity index is 670. The summed E-state index contributed by atoms with van der Waals surface area (Å²) < 4.78 is 1.64. The highest BCUT2D eigenvalue weighted by Gasteiger charge is 2.23. The molecule has 2 aromatic heterocycles. The second kappa shape index (κ2) is 6.66. The smallest absolute Gasteiger partial charge is 0.270 e. The summed E-state index contributed by atoms with van der Waals surface area (Å²) in [5, 5.41) is 6.89. The molecule has 0 saturated carbocycles. The van der Waals surface area contributed by atoms with Crippen LogP contribution in [-0.2, 0) is 11.8 Å². The Morgan fingerprint density at radius 2 is 2.04 bits per heavy atom. The molecule has 0 unspecified atom stereocenters. The minimum absolute atomic E-state index is 0.00703. The Morgan fingerprint density at radius 1 is 1.26 bits per heavy atom. The van der Waals surface area contributed by atoms with Gasteiger partial charge in [-0.1, -0.05) is 0 Å². The molecule has 0 aliphatic carbocycles. The third kappa shape index (κ3) is 3.78. The fourth-order valence-corrected chi connectivity index (χ4v) is 2.61. The van der Waals surface area contributed by atoms with Crippen molar-refractivity contribution < 1.29 is 9.59 Å². The van der Waals surface area contributed by atoms with Gasteiger partial charge in [0.15, 0.2) is 5.82 Å². The molecule has 2 aromatic rings. The van der Waals surface area contributed by atoms with Crippen LogP contribution in [0.1, 0.15) is 10.5 Å². The van der Waals surface area contributed by atoms with Crippen LogP contribution in [0.5, 0.6) is 0 Å². The first kappa shape index (κ1) is 15.3. The van der Waals surface area contributed by atoms with E-state index in [1.165, 1.54) is 0 Å². The number of rotatable bonds is 4. The molecule has 3 heterocycles. The van der Waals surface area contributed by atoms with Crippen molar-refractivity contribution in [3.05, 3.63) is 36.3 Å². The average molecular weight is 316 g/mol. The molecule has 8 heteroatoms. The largest absolute Gasteiger partial charge is 0.357 e. The van der Waals surface area contributed by atoms with E-state index in [-0.39, 0.29) is 11.8 Å². The molecule has 0 spiro atoms. The van der Waals surface area contributed by atoms with Gasteiger partial charge in [-0.15, -0.1) is 0 Å². The molecule has 0 aromatic carbocycles. The van der Waals surface area contributed by atoms with Crippen LogP contribution < -0.4 is 5.32 Å². The number of anilines is 1. The summed E-state index contributed by atoms with van der Waals surface area (Å²) in [5.41, 5.74) is 0.603. The Hall–Kier alpha value is -2.61. The fourth-order valence-electron chi connectivity index (χ4n) is 2.61. The maximum Gasteiger partial charge on any atom is 0.270 e. The average Bonchev–Trinajstić information content (AvgIpc) is 3.19. The lowest BCUT2D eigenvalue weighted by Gasteiger charge is -2.34. The van der Waals surface area contributed by atoms with Crippen molar-refractivity contribution in [2.45, 2.75) is 0 Å². The van der Waals surface area contributed by atoms with Crippen LogP contribution in [0.15, 0.2) is 30.6 Å². The lowest BCUT2D eigenvalue weighted by atomic mass is 10.2. The predicted molar refractivity (Wildman–Crippen MR) is 85.0 cm³/mol. The van der Waals surface area contributed by atoms with Gasteiger partial charge in [0, 0.05) is 51.7 Å². The van der Waals surface area contributed by atoms with Crippen molar-refractivity contribution in [1.82, 2.24) is 24.6 Å². The molecule has 0 bridgehead atoms. The number of hydrogen-bond donors (Lipinski definition) is 2. The number of carbonyl (C=O) groups is 2. The van der Waals surface area contributed by atoms with E-state index in [0.717, 1.165) is 0 Å². The molecule has 23 heavy (non-hydrogen) atoms. The molecule has 8 nitrogen and oxygen atoms in total. The number of aromatic nitrogens is 3. The number of aryl methyl sites for hydroxylation is 1. The summed E-state index contributed by atoms with van der Waals surface area (Å²) in [7, 11) is 1.80. The predicted octanol–water partition coefficient (Wildman–Crippen LogP) is 0.145. The van der Waals surface area contributed by atoms with Crippen LogP contribution in [-0.4, -0.2) is 69.1 Å². The molecule has 122 valence electrons. The molecular formula is C15H20N6O2. The van der Waals surface area contributed by atoms with Gasteiger partial charge < -0.3 is 15.2 Å². The van der Waals surface area contributed by atoms with Crippen LogP contribution >= 0.6 is 0 Å². The molecule has 1 saturated heterocycles. The molecule has 1 aliphatic heterocycles. The molecule has 1 fully saturated rings. The number of carbonyl (C=O) groups excluding carboxylic acids is 2. The standard InChI is InChI=1S/C15H20N6O2/c1-19-6-4-13(18-19)17-14(22)11-20-7-9-21(10-8-20)15(23)12-3-2-5-16-12/h2-6,16H,7-11H2,1H3,(H,17,18,22). The second-order valence-electron chi connectivity index (χ2n) is 5.57. The van der Waals surface area contributed by atoms with Crippen LogP contribution in [0.3, 0.4) is 0 Å². The minimum atomic E-state index is -0.0900. The summed E-state index contributed by atoms with van der Waals surface area (Å²) in [6.07, 6.45) is 3.52. The normalized spacial score (nSPS) is 15.6. The van der Waals surface area contributed by atoms with Crippen LogP contribution in [0, 0.1) is 0 Å². The number of amides is 2. The number of hydrogen-bond acceptors (Lipinski definition) is 4. The van der Waals surface area contributed by atoms with E-state index in [2.05, 4.69) is 15.4 Å². The molecule has 2 amide bonds. The van der Waals surface area contributed by atoms with Gasteiger partial charge >= 0.3 is 0 Å². The van der Waals surface area contributed by atoms with Gasteiger partial charge in [-0.3, -0.25) is 19.2 Å². The Balaban J connectivity index is 1.45. The van der Waals surface area contributed by atoms with E-state index >= 15 is 0 Å². The Kier molecular flexibility index (Phi) is 4.42. The van der Waals surface area contributed by atoms with Gasteiger partial charge in [0.1, 0.15) is 5.69 Å². The van der Waals surface area contributed by atoms with E-state index in [1.54, 1.807) is 41.2 Å². The van der Waals surface area contributed by atoms with Crippen molar-refractivity contribution >= 4 is 17.6 Å². The van der Waals surface area contributed by atoms with Gasteiger partial charge in [0.05, 0.1) is 6.54 Å². The highest BCUT2D eigenvalue weighted by molar-refractivity contribution is 5.93. The number of nitrogens with one attached hydrogen (secondary N) is 2. The van der Waals surface area contributed by atoms with Crippen LogP contribution in [0.4, 0.5) is 5.82 Å². The summed E-state index contributed by atoms with van der Waals surface area (Å²) in [6.45, 7) is 2.91. The number of H-pyrrole nitrogens is 1. The Labute approximate surface area is 134 Å². The zero-order valence-corrected chi connectivity index (χ0v) is 13.0. The summed E-state index contributed by atoms with van der Waals surface area (Å²) >= 11 is 0. The van der Waals surface area contributed by atoms with Crippen molar-refractivity contribution in [2.24, 2.45) is 7.05 Å². The van der Waals surface area contributed by atoms with E-state index in [1.807, 2.05) is 11.0 Å². The molecular weight excluding hydrogens is 296 g/mol. The van der Waals surface area contributed by atoms with Gasteiger partial charge in [0.25, 0.3) is 5.91 Å². The number of nitrogens with zero attached hydrogens (tertiary/aromatic N) is 4. The third-order valence-corrected chi connectivity index (χ3v) is 3.84. The first-order valence-corrected chi connectivity index (χ1v) is 7.56. The van der Waals surface area contributed by atoms with Crippen molar-refractivity contribution in [1.29, 1.82) is 0 Å². The summed E-state index contributed by atoms with van der Waals surface area (Å²) in [4.78, 5) is 31.0. The first-order valence-electron chi connectivity index (χ1n) is 7.56. The summed E-state index contributed by atoms with van der Waals surface area (Å²) in [6, 6.07) is 5.34. The molecule has 2 N–H and O–H groups in total. The maximum absolute atomic E-state index is 12.2. The third-order valence-electron chi connectivity index (χ3n) is 3.84. The van der Waals surface area contributed by atoms with E-state index in [0.29, 0.717) is 44.2 Å². The lowest BCUT2D eigenvalue weighted by Crippen LogP contribution is -2.50. The van der Waals surface area contributed by atoms with Gasteiger partial charge in [-0.2, -0.15) is 5.10 Å². The molecule has 0 atom stereocenters. The van der Waals surface area contributed by atoms with Crippen molar-refractivity contribution in [2.75, 3.05) is 38.0 Å². The van der Waals surface area contributed by atoms with Crippen molar-refractivity contribution in [3.8, 4) is 0 Å². The molecule has 1 aliphatic rings. The van der Waals surface area contributed by atoms with Gasteiger partial charge in [-0.05, 0) is 12.1 Å². The van der Waals surface area contributed by atoms with Crippen LogP contribution in [0.25, 0.3) is 0 Å². The topological polar surface area (TPSA) is 86.3 Å². The Morgan fingerprint density at radius 3 is 2.65 bits per heavy atom. The first-order chi connectivity index (χ1) is 11.1. The fraction of sp³-hybridized carbons (Fsp3) is 0.400. The highest BCUT2D eigenvalue weighted by atomic mass is 16.2.